The van der Waals surface area contributed by atoms with Gasteiger partial charge >= 0.3 is 0 Å². The normalized spacial score (nSPS) is 28.0. The molecule has 0 aliphatic carbocycles. The highest BCUT2D eigenvalue weighted by atomic mass is 32.2. The number of likely N-dealkylation sites (tertiary alicyclic amines) is 1. The molecule has 6 atom stereocenters. The van der Waals surface area contributed by atoms with E-state index in [-0.39, 0.29) is 30.9 Å². The van der Waals surface area contributed by atoms with Gasteiger partial charge in [-0.25, -0.2) is 0 Å². The van der Waals surface area contributed by atoms with Crippen LogP contribution < -0.4 is 9.80 Å². The van der Waals surface area contributed by atoms with Crippen LogP contribution in [0.3, 0.4) is 0 Å². The van der Waals surface area contributed by atoms with Gasteiger partial charge in [0, 0.05) is 29.2 Å². The second kappa shape index (κ2) is 12.0. The number of amides is 3. The maximum absolute atomic E-state index is 14.9. The SMILES string of the molecule is C=CCN(C(=O)[C@@H]1[C@H]2C(=O)N([C@@H](CC)CO)C(C(=O)N(CC=C)c3cc(C)ccc3C)C23CC[C@@]1(C)S3)c1ccccc1. The van der Waals surface area contributed by atoms with E-state index in [4.69, 9.17) is 0 Å². The number of benzene rings is 2. The Kier molecular flexibility index (Phi) is 8.65. The number of thioether (sulfide) groups is 1. The smallest absolute Gasteiger partial charge is 0.251 e. The molecule has 3 aliphatic heterocycles. The van der Waals surface area contributed by atoms with Gasteiger partial charge in [-0.3, -0.25) is 14.4 Å². The van der Waals surface area contributed by atoms with Crippen molar-refractivity contribution in [1.82, 2.24) is 4.90 Å². The molecule has 0 radical (unpaired) electrons. The van der Waals surface area contributed by atoms with Crippen molar-refractivity contribution in [3.63, 3.8) is 0 Å². The highest BCUT2D eigenvalue weighted by Crippen LogP contribution is 2.72. The van der Waals surface area contributed by atoms with Gasteiger partial charge in [-0.2, -0.15) is 0 Å². The molecule has 2 aromatic rings. The molecule has 0 saturated carbocycles. The Balaban J connectivity index is 1.64. The molecule has 43 heavy (non-hydrogen) atoms. The predicted molar refractivity (Wildman–Crippen MR) is 174 cm³/mol. The molecule has 1 N–H and O–H groups in total. The van der Waals surface area contributed by atoms with Crippen LogP contribution in [0.25, 0.3) is 0 Å². The van der Waals surface area contributed by atoms with E-state index in [1.54, 1.807) is 38.6 Å². The number of anilines is 2. The van der Waals surface area contributed by atoms with Crippen LogP contribution in [0.2, 0.25) is 0 Å². The first-order chi connectivity index (χ1) is 20.6. The van der Waals surface area contributed by atoms with Crippen LogP contribution in [-0.2, 0) is 14.4 Å². The van der Waals surface area contributed by atoms with Gasteiger partial charge in [-0.15, -0.1) is 24.9 Å². The predicted octanol–water partition coefficient (Wildman–Crippen LogP) is 5.29. The average Bonchev–Trinajstić information content (AvgIpc) is 3.57. The molecule has 2 unspecified atom stereocenters. The third-order valence-electron chi connectivity index (χ3n) is 9.67. The highest BCUT2D eigenvalue weighted by Gasteiger charge is 2.78. The molecule has 228 valence electrons. The largest absolute Gasteiger partial charge is 0.394 e. The summed E-state index contributed by atoms with van der Waals surface area (Å²) in [6.45, 7) is 16.1. The lowest BCUT2D eigenvalue weighted by Crippen LogP contribution is -2.57. The lowest BCUT2D eigenvalue weighted by molar-refractivity contribution is -0.142. The summed E-state index contributed by atoms with van der Waals surface area (Å²) in [6.07, 6.45) is 5.26. The van der Waals surface area contributed by atoms with Gasteiger partial charge in [-0.05, 0) is 69.4 Å². The monoisotopic (exact) mass is 601 g/mol. The number of aliphatic hydroxyl groups is 1. The van der Waals surface area contributed by atoms with Gasteiger partial charge in [0.15, 0.2) is 0 Å². The summed E-state index contributed by atoms with van der Waals surface area (Å²) in [4.78, 5) is 49.3. The van der Waals surface area contributed by atoms with Crippen molar-refractivity contribution in [1.29, 1.82) is 0 Å². The van der Waals surface area contributed by atoms with Crippen molar-refractivity contribution in [2.45, 2.75) is 68.5 Å². The van der Waals surface area contributed by atoms with Crippen LogP contribution in [0.15, 0.2) is 73.8 Å². The molecule has 7 nitrogen and oxygen atoms in total. The fourth-order valence-corrected chi connectivity index (χ4v) is 9.98. The van der Waals surface area contributed by atoms with Gasteiger partial charge < -0.3 is 19.8 Å². The quantitative estimate of drug-likeness (QED) is 0.354. The van der Waals surface area contributed by atoms with E-state index in [2.05, 4.69) is 20.1 Å². The van der Waals surface area contributed by atoms with Crippen LogP contribution in [0.1, 0.15) is 44.2 Å². The Morgan fingerprint density at radius 1 is 1.07 bits per heavy atom. The first kappa shape index (κ1) is 31.1. The van der Waals surface area contributed by atoms with Crippen molar-refractivity contribution in [3.8, 4) is 0 Å². The summed E-state index contributed by atoms with van der Waals surface area (Å²) in [5.41, 5.74) is 3.51. The average molecular weight is 602 g/mol. The van der Waals surface area contributed by atoms with E-state index in [9.17, 15) is 19.5 Å². The standard InChI is InChI=1S/C35H43N3O4S/c1-7-19-36(26-13-11-10-12-14-26)31(40)28-29-32(41)38(25(9-3)22-39)30(35(29)18-17-34(28,6)43-35)33(42)37(20-8-2)27-21-23(4)15-16-24(27)5/h7-8,10-16,21,25,28-30,39H,1-2,9,17-20,22H2,3-6H3/t25-,28-,29-,30?,34+,35?/m0/s1. The van der Waals surface area contributed by atoms with Gasteiger partial charge in [0.2, 0.25) is 11.8 Å². The second-order valence-corrected chi connectivity index (χ2v) is 14.2. The summed E-state index contributed by atoms with van der Waals surface area (Å²) >= 11 is 1.65. The third-order valence-corrected chi connectivity index (χ3v) is 11.7. The van der Waals surface area contributed by atoms with Gasteiger partial charge in [0.1, 0.15) is 6.04 Å². The Bertz CT molecular complexity index is 1430. The van der Waals surface area contributed by atoms with Gasteiger partial charge in [0.25, 0.3) is 5.91 Å². The summed E-state index contributed by atoms with van der Waals surface area (Å²) in [5.74, 6) is -1.82. The molecular formula is C35H43N3O4S. The van der Waals surface area contributed by atoms with E-state index >= 15 is 0 Å². The molecule has 8 heteroatoms. The fourth-order valence-electron chi connectivity index (χ4n) is 7.65. The number of aliphatic hydroxyl groups excluding tert-OH is 1. The number of rotatable bonds is 11. The number of aryl methyl sites for hydroxylation is 2. The summed E-state index contributed by atoms with van der Waals surface area (Å²) < 4.78 is -1.31. The highest BCUT2D eigenvalue weighted by molar-refractivity contribution is 8.02. The minimum absolute atomic E-state index is 0.122. The molecule has 3 aliphatic rings. The summed E-state index contributed by atoms with van der Waals surface area (Å²) in [7, 11) is 0. The minimum atomic E-state index is -0.823. The number of carbonyl (C=O) groups is 3. The maximum Gasteiger partial charge on any atom is 0.251 e. The third kappa shape index (κ3) is 4.92. The lowest BCUT2D eigenvalue weighted by atomic mass is 9.66. The first-order valence-corrected chi connectivity index (χ1v) is 16.0. The molecule has 3 saturated heterocycles. The number of nitrogens with zero attached hydrogens (tertiary/aromatic N) is 3. The molecule has 2 bridgehead atoms. The van der Waals surface area contributed by atoms with E-state index in [1.807, 2.05) is 69.3 Å². The number of para-hydroxylation sites is 1. The van der Waals surface area contributed by atoms with Gasteiger partial charge in [-0.1, -0.05) is 49.4 Å². The number of hydrogen-bond acceptors (Lipinski definition) is 5. The van der Waals surface area contributed by atoms with Crippen molar-refractivity contribution in [2.24, 2.45) is 11.8 Å². The molecular weight excluding hydrogens is 558 g/mol. The summed E-state index contributed by atoms with van der Waals surface area (Å²) in [5, 5.41) is 10.5. The van der Waals surface area contributed by atoms with Crippen LogP contribution in [0, 0.1) is 25.7 Å². The van der Waals surface area contributed by atoms with Crippen LogP contribution in [-0.4, -0.2) is 69.0 Å². The fraction of sp³-hybridized carbons (Fsp3) is 0.457. The molecule has 0 aromatic heterocycles. The molecule has 3 amide bonds. The second-order valence-electron chi connectivity index (χ2n) is 12.3. The van der Waals surface area contributed by atoms with E-state index in [0.717, 1.165) is 22.5 Å². The van der Waals surface area contributed by atoms with Crippen molar-refractivity contribution >= 4 is 40.9 Å². The maximum atomic E-state index is 14.9. The zero-order chi connectivity index (χ0) is 31.1. The zero-order valence-corrected chi connectivity index (χ0v) is 26.5. The van der Waals surface area contributed by atoms with Crippen molar-refractivity contribution < 1.29 is 19.5 Å². The molecule has 2 aromatic carbocycles. The lowest BCUT2D eigenvalue weighted by Gasteiger charge is -2.39. The Labute approximate surface area is 259 Å². The first-order valence-electron chi connectivity index (χ1n) is 15.2. The van der Waals surface area contributed by atoms with E-state index in [0.29, 0.717) is 25.8 Å². The van der Waals surface area contributed by atoms with Crippen LogP contribution >= 0.6 is 11.8 Å². The molecule has 3 fully saturated rings. The van der Waals surface area contributed by atoms with E-state index < -0.39 is 33.4 Å². The van der Waals surface area contributed by atoms with Gasteiger partial charge in [0.05, 0.1) is 29.2 Å². The minimum Gasteiger partial charge on any atom is -0.394 e. The van der Waals surface area contributed by atoms with E-state index in [1.165, 1.54) is 0 Å². The molecule has 3 heterocycles. The molecule has 1 spiro atoms. The zero-order valence-electron chi connectivity index (χ0n) is 25.7. The molecule has 5 rings (SSSR count). The Hall–Kier alpha value is -3.36. The van der Waals surface area contributed by atoms with Crippen LogP contribution in [0.5, 0.6) is 0 Å². The van der Waals surface area contributed by atoms with Crippen molar-refractivity contribution in [2.75, 3.05) is 29.5 Å². The Morgan fingerprint density at radius 3 is 2.37 bits per heavy atom. The summed E-state index contributed by atoms with van der Waals surface area (Å²) in [6, 6.07) is 14.1. The topological polar surface area (TPSA) is 81.2 Å². The number of hydrogen-bond donors (Lipinski definition) is 1. The number of fused-ring (bicyclic) bond motifs is 1. The Morgan fingerprint density at radius 2 is 1.74 bits per heavy atom. The van der Waals surface area contributed by atoms with Crippen LogP contribution in [0.4, 0.5) is 11.4 Å². The van der Waals surface area contributed by atoms with Crippen molar-refractivity contribution in [3.05, 3.63) is 85.0 Å². The number of carbonyl (C=O) groups excluding carboxylic acids is 3.